The average Bonchev–Trinajstić information content (AvgIpc) is 2.01. The van der Waals surface area contributed by atoms with E-state index in [1.54, 1.807) is 14.0 Å². The minimum Gasteiger partial charge on any atom is -0.390 e. The van der Waals surface area contributed by atoms with E-state index in [1.807, 2.05) is 0 Å². The van der Waals surface area contributed by atoms with Crippen molar-refractivity contribution in [2.24, 2.45) is 0 Å². The van der Waals surface area contributed by atoms with Crippen LogP contribution in [-0.2, 0) is 0 Å². The van der Waals surface area contributed by atoms with Crippen molar-refractivity contribution >= 4 is 0 Å². The van der Waals surface area contributed by atoms with Gasteiger partial charge < -0.3 is 10.4 Å². The second-order valence-corrected chi connectivity index (χ2v) is 3.15. The molecule has 2 N–H and O–H groups in total. The number of nitrogens with zero attached hydrogens (tertiary/aromatic N) is 1. The van der Waals surface area contributed by atoms with Crippen molar-refractivity contribution in [3.8, 4) is 0 Å². The van der Waals surface area contributed by atoms with Crippen LogP contribution in [0.15, 0.2) is 0 Å². The summed E-state index contributed by atoms with van der Waals surface area (Å²) in [6, 6.07) is 0. The van der Waals surface area contributed by atoms with Gasteiger partial charge >= 0.3 is 6.18 Å². The highest BCUT2D eigenvalue weighted by Crippen LogP contribution is 2.16. The Balaban J connectivity index is 3.90. The molecule has 0 aromatic heterocycles. The summed E-state index contributed by atoms with van der Waals surface area (Å²) in [7, 11) is 1.64. The van der Waals surface area contributed by atoms with Gasteiger partial charge in [-0.3, -0.25) is 4.90 Å². The molecule has 0 bridgehead atoms. The first-order valence-corrected chi connectivity index (χ1v) is 4.50. The van der Waals surface area contributed by atoms with E-state index in [4.69, 9.17) is 0 Å². The third-order valence-corrected chi connectivity index (χ3v) is 1.76. The smallest absolute Gasteiger partial charge is 0.390 e. The van der Waals surface area contributed by atoms with E-state index in [9.17, 15) is 18.3 Å². The van der Waals surface area contributed by atoms with Crippen LogP contribution in [-0.4, -0.2) is 55.5 Å². The van der Waals surface area contributed by atoms with Crippen LogP contribution in [0.2, 0.25) is 0 Å². The number of alkyl halides is 3. The maximum atomic E-state index is 12.0. The predicted octanol–water partition coefficient (Wildman–Crippen LogP) is 0.451. The third-order valence-electron chi connectivity index (χ3n) is 1.76. The minimum atomic E-state index is -4.20. The molecule has 0 heterocycles. The second-order valence-electron chi connectivity index (χ2n) is 3.15. The number of hydrogen-bond donors (Lipinski definition) is 2. The molecule has 1 atom stereocenters. The van der Waals surface area contributed by atoms with Crippen molar-refractivity contribution in [1.29, 1.82) is 0 Å². The van der Waals surface area contributed by atoms with E-state index in [1.165, 1.54) is 4.90 Å². The number of nitrogens with one attached hydrogen (secondary N) is 1. The molecule has 0 aliphatic heterocycles. The first kappa shape index (κ1) is 13.7. The van der Waals surface area contributed by atoms with Gasteiger partial charge in [0.1, 0.15) is 0 Å². The molecule has 0 aromatic rings. The first-order valence-electron chi connectivity index (χ1n) is 4.50. The van der Waals surface area contributed by atoms with E-state index < -0.39 is 18.8 Å². The summed E-state index contributed by atoms with van der Waals surface area (Å²) in [4.78, 5) is 1.17. The van der Waals surface area contributed by atoms with Gasteiger partial charge in [0.15, 0.2) is 0 Å². The Kier molecular flexibility index (Phi) is 6.06. The summed E-state index contributed by atoms with van der Waals surface area (Å²) < 4.78 is 36.0. The highest BCUT2D eigenvalue weighted by Gasteiger charge is 2.30. The van der Waals surface area contributed by atoms with Gasteiger partial charge in [-0.1, -0.05) is 6.92 Å². The van der Waals surface area contributed by atoms with E-state index in [0.717, 1.165) is 0 Å². The maximum Gasteiger partial charge on any atom is 0.401 e. The van der Waals surface area contributed by atoms with Crippen LogP contribution < -0.4 is 5.32 Å². The predicted molar refractivity (Wildman–Crippen MR) is 48.1 cm³/mol. The highest BCUT2D eigenvalue weighted by atomic mass is 19.4. The third kappa shape index (κ3) is 7.11. The molecule has 0 saturated carbocycles. The number of aliphatic hydroxyl groups excluding tert-OH is 1. The molecule has 1 unspecified atom stereocenters. The van der Waals surface area contributed by atoms with Crippen LogP contribution in [0.3, 0.4) is 0 Å². The fourth-order valence-electron chi connectivity index (χ4n) is 1.16. The van der Waals surface area contributed by atoms with E-state index >= 15 is 0 Å². The van der Waals surface area contributed by atoms with Crippen molar-refractivity contribution in [2.75, 3.05) is 33.2 Å². The van der Waals surface area contributed by atoms with Crippen LogP contribution in [0, 0.1) is 0 Å². The van der Waals surface area contributed by atoms with Crippen molar-refractivity contribution < 1.29 is 18.3 Å². The zero-order valence-electron chi connectivity index (χ0n) is 8.43. The maximum absolute atomic E-state index is 12.0. The van der Waals surface area contributed by atoms with Gasteiger partial charge in [-0.15, -0.1) is 0 Å². The molecular formula is C8H17F3N2O. The van der Waals surface area contributed by atoms with Crippen LogP contribution in [0.25, 0.3) is 0 Å². The monoisotopic (exact) mass is 214 g/mol. The molecule has 0 spiro atoms. The molecular weight excluding hydrogens is 197 g/mol. The summed E-state index contributed by atoms with van der Waals surface area (Å²) in [6.45, 7) is 1.29. The molecule has 86 valence electrons. The normalized spacial score (nSPS) is 14.8. The standard InChI is InChI=1S/C8H17F3N2O/c1-3-13(6-8(9,10)11)5-7(14)4-12-2/h7,12,14H,3-6H2,1-2H3. The summed E-state index contributed by atoms with van der Waals surface area (Å²) in [6.07, 6.45) is -4.96. The lowest BCUT2D eigenvalue weighted by atomic mass is 10.3. The van der Waals surface area contributed by atoms with Crippen LogP contribution in [0.5, 0.6) is 0 Å². The van der Waals surface area contributed by atoms with Crippen molar-refractivity contribution in [3.05, 3.63) is 0 Å². The van der Waals surface area contributed by atoms with Crippen molar-refractivity contribution in [3.63, 3.8) is 0 Å². The van der Waals surface area contributed by atoms with Crippen LogP contribution in [0.1, 0.15) is 6.92 Å². The Bertz CT molecular complexity index is 152. The average molecular weight is 214 g/mol. The molecule has 3 nitrogen and oxygen atoms in total. The molecule has 0 radical (unpaired) electrons. The fourth-order valence-corrected chi connectivity index (χ4v) is 1.16. The molecule has 0 amide bonds. The van der Waals surface area contributed by atoms with E-state index in [2.05, 4.69) is 5.32 Å². The molecule has 0 saturated heterocycles. The number of rotatable bonds is 6. The molecule has 0 aliphatic rings. The number of likely N-dealkylation sites (N-methyl/N-ethyl adjacent to an activating group) is 2. The Morgan fingerprint density at radius 3 is 2.36 bits per heavy atom. The Labute approximate surface area is 81.9 Å². The number of halogens is 3. The topological polar surface area (TPSA) is 35.5 Å². The van der Waals surface area contributed by atoms with Crippen molar-refractivity contribution in [2.45, 2.75) is 19.2 Å². The Hall–Kier alpha value is -0.330. The summed E-state index contributed by atoms with van der Waals surface area (Å²) >= 11 is 0. The van der Waals surface area contributed by atoms with Gasteiger partial charge in [0, 0.05) is 13.1 Å². The lowest BCUT2D eigenvalue weighted by Crippen LogP contribution is -2.41. The number of aliphatic hydroxyl groups is 1. The van der Waals surface area contributed by atoms with Crippen LogP contribution in [0.4, 0.5) is 13.2 Å². The first-order chi connectivity index (χ1) is 6.39. The zero-order chi connectivity index (χ0) is 11.2. The largest absolute Gasteiger partial charge is 0.401 e. The number of hydrogen-bond acceptors (Lipinski definition) is 3. The quantitative estimate of drug-likeness (QED) is 0.674. The van der Waals surface area contributed by atoms with Gasteiger partial charge in [0.2, 0.25) is 0 Å². The Morgan fingerprint density at radius 2 is 2.00 bits per heavy atom. The lowest BCUT2D eigenvalue weighted by Gasteiger charge is -2.24. The SMILES string of the molecule is CCN(CC(O)CNC)CC(F)(F)F. The summed E-state index contributed by atoms with van der Waals surface area (Å²) in [5.74, 6) is 0. The molecule has 0 aliphatic carbocycles. The molecule has 6 heteroatoms. The molecule has 0 rings (SSSR count). The summed E-state index contributed by atoms with van der Waals surface area (Å²) in [5, 5.41) is 12.0. The van der Waals surface area contributed by atoms with Gasteiger partial charge in [-0.2, -0.15) is 13.2 Å². The molecule has 0 fully saturated rings. The van der Waals surface area contributed by atoms with Gasteiger partial charge in [-0.25, -0.2) is 0 Å². The highest BCUT2D eigenvalue weighted by molar-refractivity contribution is 4.67. The lowest BCUT2D eigenvalue weighted by molar-refractivity contribution is -0.147. The zero-order valence-corrected chi connectivity index (χ0v) is 8.43. The second kappa shape index (κ2) is 6.21. The van der Waals surface area contributed by atoms with Crippen LogP contribution >= 0.6 is 0 Å². The Morgan fingerprint density at radius 1 is 1.43 bits per heavy atom. The van der Waals surface area contributed by atoms with E-state index in [0.29, 0.717) is 6.54 Å². The van der Waals surface area contributed by atoms with E-state index in [-0.39, 0.29) is 13.1 Å². The van der Waals surface area contributed by atoms with Gasteiger partial charge in [0.25, 0.3) is 0 Å². The van der Waals surface area contributed by atoms with Gasteiger partial charge in [-0.05, 0) is 13.6 Å². The molecule has 0 aromatic carbocycles. The summed E-state index contributed by atoms with van der Waals surface area (Å²) in [5.41, 5.74) is 0. The van der Waals surface area contributed by atoms with Crippen molar-refractivity contribution in [1.82, 2.24) is 10.2 Å². The molecule has 14 heavy (non-hydrogen) atoms. The minimum absolute atomic E-state index is 0.0385. The van der Waals surface area contributed by atoms with Gasteiger partial charge in [0.05, 0.1) is 12.6 Å². The fraction of sp³-hybridized carbons (Fsp3) is 1.00.